The van der Waals surface area contributed by atoms with E-state index in [9.17, 15) is 24.3 Å². The number of ether oxygens (including phenoxy) is 5. The third-order valence-electron chi connectivity index (χ3n) is 4.05. The summed E-state index contributed by atoms with van der Waals surface area (Å²) in [5.74, 6) is -5.30. The predicted molar refractivity (Wildman–Crippen MR) is 93.3 cm³/mol. The van der Waals surface area contributed by atoms with Crippen LogP contribution in [0.1, 0.15) is 39.1 Å². The van der Waals surface area contributed by atoms with Gasteiger partial charge in [0, 0.05) is 33.8 Å². The van der Waals surface area contributed by atoms with Gasteiger partial charge in [0.2, 0.25) is 6.10 Å². The summed E-state index contributed by atoms with van der Waals surface area (Å²) in [5, 5.41) is 15.0. The van der Waals surface area contributed by atoms with Crippen LogP contribution >= 0.6 is 0 Å². The van der Waals surface area contributed by atoms with E-state index in [1.165, 1.54) is 6.07 Å². The molecule has 2 rings (SSSR count). The lowest BCUT2D eigenvalue weighted by Crippen LogP contribution is -2.66. The minimum Gasteiger partial charge on any atom is -0.463 e. The van der Waals surface area contributed by atoms with Gasteiger partial charge in [-0.2, -0.15) is 0 Å². The van der Waals surface area contributed by atoms with Crippen molar-refractivity contribution in [3.05, 3.63) is 17.5 Å². The Morgan fingerprint density at radius 2 is 1.57 bits per heavy atom. The lowest BCUT2D eigenvalue weighted by Gasteiger charge is -2.47. The monoisotopic (exact) mass is 429 g/mol. The quantitative estimate of drug-likeness (QED) is 0.472. The van der Waals surface area contributed by atoms with Gasteiger partial charge in [0.1, 0.15) is 24.2 Å². The highest BCUT2D eigenvalue weighted by Crippen LogP contribution is 2.40. The highest BCUT2D eigenvalue weighted by atomic mass is 16.7. The summed E-state index contributed by atoms with van der Waals surface area (Å²) in [6, 6.07) is 1.32. The maximum atomic E-state index is 11.8. The Balaban J connectivity index is 2.59. The van der Waals surface area contributed by atoms with Gasteiger partial charge in [-0.05, 0) is 6.92 Å². The van der Waals surface area contributed by atoms with Crippen molar-refractivity contribution in [2.75, 3.05) is 6.61 Å². The van der Waals surface area contributed by atoms with Gasteiger partial charge < -0.3 is 33.3 Å². The molecule has 0 saturated carbocycles. The van der Waals surface area contributed by atoms with Gasteiger partial charge in [0.15, 0.2) is 12.2 Å². The molecule has 0 unspecified atom stereocenters. The molecule has 0 amide bonds. The van der Waals surface area contributed by atoms with Crippen LogP contribution in [0.2, 0.25) is 0 Å². The fourth-order valence-electron chi connectivity index (χ4n) is 3.02. The molecule has 1 N–H and O–H groups in total. The summed E-state index contributed by atoms with van der Waals surface area (Å²) < 4.78 is 31.2. The molecule has 12 nitrogen and oxygen atoms in total. The Morgan fingerprint density at radius 3 is 2.03 bits per heavy atom. The first-order valence-electron chi connectivity index (χ1n) is 8.93. The molecule has 0 aliphatic carbocycles. The number of hydrogen-bond acceptors (Lipinski definition) is 12. The average Bonchev–Trinajstić information content (AvgIpc) is 3.05. The normalized spacial score (nSPS) is 28.3. The molecule has 1 fully saturated rings. The van der Waals surface area contributed by atoms with Crippen molar-refractivity contribution < 1.29 is 52.5 Å². The molecule has 5 atom stereocenters. The second kappa shape index (κ2) is 9.22. The predicted octanol–water partition coefficient (Wildman–Crippen LogP) is -0.115. The van der Waals surface area contributed by atoms with E-state index >= 15 is 0 Å². The molecule has 0 aromatic carbocycles. The maximum Gasteiger partial charge on any atom is 0.303 e. The van der Waals surface area contributed by atoms with Crippen LogP contribution in [0.15, 0.2) is 10.6 Å². The summed E-state index contributed by atoms with van der Waals surface area (Å²) in [4.78, 5) is 46.5. The summed E-state index contributed by atoms with van der Waals surface area (Å²) in [6.07, 6.45) is -5.91. The smallest absolute Gasteiger partial charge is 0.303 e. The molecule has 1 aromatic heterocycles. The van der Waals surface area contributed by atoms with E-state index in [1.54, 1.807) is 6.92 Å². The van der Waals surface area contributed by atoms with Gasteiger partial charge in [-0.25, -0.2) is 0 Å². The third kappa shape index (κ3) is 5.33. The molecular formula is C18H23NO11. The Kier molecular flexibility index (Phi) is 7.16. The van der Waals surface area contributed by atoms with Crippen LogP contribution in [0.25, 0.3) is 0 Å². The summed E-state index contributed by atoms with van der Waals surface area (Å²) in [7, 11) is 0. The highest BCUT2D eigenvalue weighted by molar-refractivity contribution is 5.69. The summed E-state index contributed by atoms with van der Waals surface area (Å²) in [6.45, 7) is 5.44. The lowest BCUT2D eigenvalue weighted by molar-refractivity contribution is -0.361. The lowest BCUT2D eigenvalue weighted by atomic mass is 9.89. The standard InChI is InChI=1S/C18H23NO11/c1-8-6-14(19-30-8)18(24)17(28-12(5)23)16(27-11(4)22)15(26-10(3)21)13(29-18)7-25-9(2)20/h6,13,15-17,24H,7H2,1-5H3/t13-,15-,16+,17-,18-/m1/s1. The number of aliphatic hydroxyl groups is 1. The van der Waals surface area contributed by atoms with E-state index in [4.69, 9.17) is 28.2 Å². The van der Waals surface area contributed by atoms with E-state index in [0.29, 0.717) is 5.76 Å². The largest absolute Gasteiger partial charge is 0.463 e. The Hall–Kier alpha value is -2.99. The molecule has 1 aliphatic heterocycles. The summed E-state index contributed by atoms with van der Waals surface area (Å²) >= 11 is 0. The fraction of sp³-hybridized carbons (Fsp3) is 0.611. The molecule has 30 heavy (non-hydrogen) atoms. The second-order valence-corrected chi connectivity index (χ2v) is 6.66. The first-order valence-corrected chi connectivity index (χ1v) is 8.93. The van der Waals surface area contributed by atoms with Crippen LogP contribution in [0, 0.1) is 6.92 Å². The molecule has 2 heterocycles. The molecule has 1 aliphatic rings. The van der Waals surface area contributed by atoms with Gasteiger partial charge in [-0.1, -0.05) is 5.16 Å². The van der Waals surface area contributed by atoms with Crippen LogP contribution in [-0.2, 0) is 48.6 Å². The average molecular weight is 429 g/mol. The molecule has 0 bridgehead atoms. The zero-order valence-electron chi connectivity index (χ0n) is 17.1. The zero-order valence-corrected chi connectivity index (χ0v) is 17.1. The molecule has 12 heteroatoms. The molecule has 0 spiro atoms. The van der Waals surface area contributed by atoms with Crippen molar-refractivity contribution in [2.45, 2.75) is 64.8 Å². The van der Waals surface area contributed by atoms with Crippen molar-refractivity contribution in [1.29, 1.82) is 0 Å². The van der Waals surface area contributed by atoms with E-state index in [0.717, 1.165) is 27.7 Å². The topological polar surface area (TPSA) is 161 Å². The third-order valence-corrected chi connectivity index (χ3v) is 4.05. The first-order chi connectivity index (χ1) is 13.9. The van der Waals surface area contributed by atoms with Gasteiger partial charge >= 0.3 is 23.9 Å². The van der Waals surface area contributed by atoms with Crippen molar-refractivity contribution in [1.82, 2.24) is 5.16 Å². The SMILES string of the molecule is CC(=O)OC[C@H]1O[C@](O)(c2cc(C)on2)[C@H](OC(C)=O)[C@@H](OC(C)=O)[C@@H]1OC(C)=O. The van der Waals surface area contributed by atoms with Crippen molar-refractivity contribution in [3.8, 4) is 0 Å². The van der Waals surface area contributed by atoms with Crippen molar-refractivity contribution in [3.63, 3.8) is 0 Å². The minimum atomic E-state index is -2.48. The molecule has 1 aromatic rings. The van der Waals surface area contributed by atoms with Crippen LogP contribution < -0.4 is 0 Å². The molecule has 1 saturated heterocycles. The number of rotatable bonds is 6. The molecule has 166 valence electrons. The number of esters is 4. The first kappa shape index (κ1) is 23.3. The molecule has 0 radical (unpaired) electrons. The number of hydrogen-bond donors (Lipinski definition) is 1. The van der Waals surface area contributed by atoms with E-state index in [2.05, 4.69) is 5.16 Å². The van der Waals surface area contributed by atoms with E-state index in [-0.39, 0.29) is 5.69 Å². The van der Waals surface area contributed by atoms with E-state index < -0.39 is 60.7 Å². The van der Waals surface area contributed by atoms with Gasteiger partial charge in [0.05, 0.1) is 0 Å². The summed E-state index contributed by atoms with van der Waals surface area (Å²) in [5.41, 5.74) is -0.197. The van der Waals surface area contributed by atoms with Gasteiger partial charge in [-0.15, -0.1) is 0 Å². The Bertz CT molecular complexity index is 819. The molecular weight excluding hydrogens is 406 g/mol. The number of carbonyl (C=O) groups excluding carboxylic acids is 4. The van der Waals surface area contributed by atoms with Crippen molar-refractivity contribution >= 4 is 23.9 Å². The van der Waals surface area contributed by atoms with Gasteiger partial charge in [-0.3, -0.25) is 19.2 Å². The number of nitrogens with zero attached hydrogens (tertiary/aromatic N) is 1. The van der Waals surface area contributed by atoms with Gasteiger partial charge in [0.25, 0.3) is 5.79 Å². The van der Waals surface area contributed by atoms with Crippen LogP contribution in [0.3, 0.4) is 0 Å². The van der Waals surface area contributed by atoms with E-state index in [1.807, 2.05) is 0 Å². The maximum absolute atomic E-state index is 11.8. The van der Waals surface area contributed by atoms with Crippen LogP contribution in [0.4, 0.5) is 0 Å². The van der Waals surface area contributed by atoms with Crippen molar-refractivity contribution in [2.24, 2.45) is 0 Å². The van der Waals surface area contributed by atoms with Crippen LogP contribution in [0.5, 0.6) is 0 Å². The Labute approximate surface area is 171 Å². The minimum absolute atomic E-state index is 0.197. The van der Waals surface area contributed by atoms with Crippen LogP contribution in [-0.4, -0.2) is 65.2 Å². The highest BCUT2D eigenvalue weighted by Gasteiger charge is 2.61. The Morgan fingerprint density at radius 1 is 1.00 bits per heavy atom. The second-order valence-electron chi connectivity index (χ2n) is 6.66. The number of aromatic nitrogens is 1. The number of carbonyl (C=O) groups is 4. The fourth-order valence-corrected chi connectivity index (χ4v) is 3.02. The zero-order chi connectivity index (χ0) is 22.6. The number of aryl methyl sites for hydroxylation is 1.